The summed E-state index contributed by atoms with van der Waals surface area (Å²) in [6.07, 6.45) is 0.845. The lowest BCUT2D eigenvalue weighted by atomic mass is 9.95. The van der Waals surface area contributed by atoms with E-state index in [-0.39, 0.29) is 0 Å². The second-order valence-electron chi connectivity index (χ2n) is 3.98. The minimum Gasteiger partial charge on any atom is -0.507 e. The topological polar surface area (TPSA) is 20.2 Å². The Morgan fingerprint density at radius 3 is 2.31 bits per heavy atom. The Morgan fingerprint density at radius 2 is 1.69 bits per heavy atom. The molecule has 2 rings (SSSR count). The molecule has 16 heavy (non-hydrogen) atoms. The second kappa shape index (κ2) is 4.40. The van der Waals surface area contributed by atoms with Gasteiger partial charge in [0.05, 0.1) is 0 Å². The van der Waals surface area contributed by atoms with Gasteiger partial charge < -0.3 is 5.11 Å². The third-order valence-corrected chi connectivity index (χ3v) is 2.92. The van der Waals surface area contributed by atoms with Crippen molar-refractivity contribution < 1.29 is 5.11 Å². The van der Waals surface area contributed by atoms with E-state index in [1.165, 1.54) is 0 Å². The molecule has 0 unspecified atom stereocenters. The number of hydrogen-bond donors (Lipinski definition) is 1. The summed E-state index contributed by atoms with van der Waals surface area (Å²) in [5.74, 6) is 0.434. The quantitative estimate of drug-likeness (QED) is 0.799. The van der Waals surface area contributed by atoms with Gasteiger partial charge in [-0.15, -0.1) is 0 Å². The molecule has 0 aromatic heterocycles. The van der Waals surface area contributed by atoms with Crippen molar-refractivity contribution in [3.8, 4) is 16.9 Å². The Labute approximate surface area is 96.4 Å². The van der Waals surface area contributed by atoms with E-state index < -0.39 is 0 Å². The summed E-state index contributed by atoms with van der Waals surface area (Å²) in [5.41, 5.74) is 4.27. The summed E-state index contributed by atoms with van der Waals surface area (Å²) in [7, 11) is 0. The molecular formula is C15H16O. The van der Waals surface area contributed by atoms with Gasteiger partial charge in [-0.25, -0.2) is 0 Å². The number of hydrogen-bond acceptors (Lipinski definition) is 1. The van der Waals surface area contributed by atoms with E-state index in [4.69, 9.17) is 0 Å². The van der Waals surface area contributed by atoms with Crippen LogP contribution in [-0.4, -0.2) is 5.11 Å². The van der Waals surface area contributed by atoms with E-state index in [9.17, 15) is 5.11 Å². The number of phenols is 1. The molecule has 1 heteroatoms. The van der Waals surface area contributed by atoms with Gasteiger partial charge in [0.25, 0.3) is 0 Å². The molecule has 0 bridgehead atoms. The van der Waals surface area contributed by atoms with Crippen LogP contribution >= 0.6 is 0 Å². The van der Waals surface area contributed by atoms with Gasteiger partial charge in [-0.1, -0.05) is 49.4 Å². The van der Waals surface area contributed by atoms with Gasteiger partial charge in [-0.3, -0.25) is 0 Å². The average Bonchev–Trinajstić information content (AvgIpc) is 2.33. The molecule has 0 saturated heterocycles. The zero-order chi connectivity index (χ0) is 11.5. The molecule has 0 radical (unpaired) electrons. The molecule has 0 atom stereocenters. The first kappa shape index (κ1) is 10.7. The molecule has 0 aliphatic rings. The fourth-order valence-corrected chi connectivity index (χ4v) is 2.00. The Bertz CT molecular complexity index is 486. The molecule has 82 valence electrons. The monoisotopic (exact) mass is 212 g/mol. The van der Waals surface area contributed by atoms with Crippen LogP contribution in [0.1, 0.15) is 18.1 Å². The lowest BCUT2D eigenvalue weighted by Gasteiger charge is -2.12. The van der Waals surface area contributed by atoms with E-state index in [1.807, 2.05) is 31.2 Å². The summed E-state index contributed by atoms with van der Waals surface area (Å²) < 4.78 is 0. The van der Waals surface area contributed by atoms with Crippen molar-refractivity contribution in [3.05, 3.63) is 53.6 Å². The van der Waals surface area contributed by atoms with Crippen molar-refractivity contribution >= 4 is 0 Å². The van der Waals surface area contributed by atoms with Crippen LogP contribution in [0.2, 0.25) is 0 Å². The van der Waals surface area contributed by atoms with E-state index >= 15 is 0 Å². The van der Waals surface area contributed by atoms with Crippen LogP contribution in [0.5, 0.6) is 5.75 Å². The third-order valence-electron chi connectivity index (χ3n) is 2.92. The first-order valence-electron chi connectivity index (χ1n) is 5.61. The second-order valence-corrected chi connectivity index (χ2v) is 3.98. The van der Waals surface area contributed by atoms with Crippen LogP contribution < -0.4 is 0 Å². The fraction of sp³-hybridized carbons (Fsp3) is 0.200. The minimum atomic E-state index is 0.434. The van der Waals surface area contributed by atoms with Crippen LogP contribution in [0.15, 0.2) is 42.5 Å². The third kappa shape index (κ3) is 1.81. The molecule has 2 aromatic carbocycles. The van der Waals surface area contributed by atoms with Crippen molar-refractivity contribution in [2.24, 2.45) is 0 Å². The SMILES string of the molecule is CCc1c(-c2ccccc2)ccc(C)c1O. The zero-order valence-electron chi connectivity index (χ0n) is 9.70. The summed E-state index contributed by atoms with van der Waals surface area (Å²) in [4.78, 5) is 0. The van der Waals surface area contributed by atoms with Crippen molar-refractivity contribution in [2.75, 3.05) is 0 Å². The van der Waals surface area contributed by atoms with Gasteiger partial charge in [0, 0.05) is 5.56 Å². The highest BCUT2D eigenvalue weighted by molar-refractivity contribution is 5.71. The molecule has 0 fully saturated rings. The predicted octanol–water partition coefficient (Wildman–Crippen LogP) is 3.93. The van der Waals surface area contributed by atoms with Gasteiger partial charge in [-0.2, -0.15) is 0 Å². The van der Waals surface area contributed by atoms with Crippen LogP contribution in [0.4, 0.5) is 0 Å². The Balaban J connectivity index is 2.62. The van der Waals surface area contributed by atoms with Gasteiger partial charge in [0.15, 0.2) is 0 Å². The maximum absolute atomic E-state index is 10.0. The standard InChI is InChI=1S/C15H16O/c1-3-13-14(10-9-11(2)15(13)16)12-7-5-4-6-8-12/h4-10,16H,3H2,1-2H3. The van der Waals surface area contributed by atoms with Crippen molar-refractivity contribution in [3.63, 3.8) is 0 Å². The normalized spacial score (nSPS) is 10.4. The van der Waals surface area contributed by atoms with E-state index in [0.717, 1.165) is 28.7 Å². The van der Waals surface area contributed by atoms with Crippen molar-refractivity contribution in [1.29, 1.82) is 0 Å². The largest absolute Gasteiger partial charge is 0.507 e. The highest BCUT2D eigenvalue weighted by Crippen LogP contribution is 2.32. The van der Waals surface area contributed by atoms with Gasteiger partial charge in [-0.05, 0) is 30.0 Å². The average molecular weight is 212 g/mol. The van der Waals surface area contributed by atoms with Gasteiger partial charge in [0.2, 0.25) is 0 Å². The molecule has 0 aliphatic heterocycles. The molecule has 0 aliphatic carbocycles. The highest BCUT2D eigenvalue weighted by atomic mass is 16.3. The summed E-state index contributed by atoms with van der Waals surface area (Å²) in [5, 5.41) is 10.0. The molecule has 1 nitrogen and oxygen atoms in total. The molecule has 0 saturated carbocycles. The molecule has 0 spiro atoms. The predicted molar refractivity (Wildman–Crippen MR) is 67.7 cm³/mol. The first-order chi connectivity index (χ1) is 7.74. The summed E-state index contributed by atoms with van der Waals surface area (Å²) in [6.45, 7) is 4.00. The van der Waals surface area contributed by atoms with Crippen LogP contribution in [-0.2, 0) is 6.42 Å². The zero-order valence-corrected chi connectivity index (χ0v) is 9.70. The smallest absolute Gasteiger partial charge is 0.122 e. The number of aryl methyl sites for hydroxylation is 1. The van der Waals surface area contributed by atoms with E-state index in [1.54, 1.807) is 0 Å². The molecule has 1 N–H and O–H groups in total. The molecule has 0 amide bonds. The minimum absolute atomic E-state index is 0.434. The maximum Gasteiger partial charge on any atom is 0.122 e. The van der Waals surface area contributed by atoms with Crippen LogP contribution in [0, 0.1) is 6.92 Å². The van der Waals surface area contributed by atoms with Crippen LogP contribution in [0.25, 0.3) is 11.1 Å². The molecule has 2 aromatic rings. The molecule has 0 heterocycles. The number of benzene rings is 2. The van der Waals surface area contributed by atoms with Gasteiger partial charge >= 0.3 is 0 Å². The van der Waals surface area contributed by atoms with Gasteiger partial charge in [0.1, 0.15) is 5.75 Å². The Kier molecular flexibility index (Phi) is 2.95. The van der Waals surface area contributed by atoms with E-state index in [2.05, 4.69) is 25.1 Å². The number of aromatic hydroxyl groups is 1. The van der Waals surface area contributed by atoms with Crippen molar-refractivity contribution in [2.45, 2.75) is 20.3 Å². The Hall–Kier alpha value is -1.76. The lowest BCUT2D eigenvalue weighted by molar-refractivity contribution is 0.465. The lowest BCUT2D eigenvalue weighted by Crippen LogP contribution is -1.90. The maximum atomic E-state index is 10.0. The van der Waals surface area contributed by atoms with Crippen molar-refractivity contribution in [1.82, 2.24) is 0 Å². The van der Waals surface area contributed by atoms with E-state index in [0.29, 0.717) is 5.75 Å². The molecular weight excluding hydrogens is 196 g/mol. The number of rotatable bonds is 2. The van der Waals surface area contributed by atoms with Crippen LogP contribution in [0.3, 0.4) is 0 Å². The number of phenolic OH excluding ortho intramolecular Hbond substituents is 1. The Morgan fingerprint density at radius 1 is 1.00 bits per heavy atom. The summed E-state index contributed by atoms with van der Waals surface area (Å²) in [6, 6.07) is 14.2. The first-order valence-corrected chi connectivity index (χ1v) is 5.61. The highest BCUT2D eigenvalue weighted by Gasteiger charge is 2.09. The summed E-state index contributed by atoms with van der Waals surface area (Å²) >= 11 is 0. The fourth-order valence-electron chi connectivity index (χ4n) is 2.00.